The molecule has 0 aromatic heterocycles. The third-order valence-corrected chi connectivity index (χ3v) is 4.17. The Morgan fingerprint density at radius 1 is 1.04 bits per heavy atom. The second-order valence-electron chi connectivity index (χ2n) is 5.52. The summed E-state index contributed by atoms with van der Waals surface area (Å²) in [4.78, 5) is 26.1. The minimum absolute atomic E-state index is 0.106. The van der Waals surface area contributed by atoms with E-state index in [1.807, 2.05) is 0 Å². The molecule has 0 aliphatic heterocycles. The fraction of sp³-hybridized carbons (Fsp3) is 0.222. The molecule has 2 aromatic carbocycles. The smallest absolute Gasteiger partial charge is 0.288 e. The number of nitrogens with one attached hydrogen (secondary N) is 2. The van der Waals surface area contributed by atoms with E-state index in [4.69, 9.17) is 0 Å². The van der Waals surface area contributed by atoms with Gasteiger partial charge in [-0.1, -0.05) is 36.0 Å². The molecule has 0 unspecified atom stereocenters. The monoisotopic (exact) mass is 379 g/mol. The molecule has 0 aliphatic carbocycles. The molecule has 2 aromatic rings. The molecule has 2 amide bonds. The predicted octanol–water partition coefficient (Wildman–Crippen LogP) is 3.75. The number of nitrogens with zero attached hydrogens (tertiary/aromatic N) is 1. The van der Waals surface area contributed by atoms with Crippen molar-refractivity contribution >= 4 is 35.0 Å². The average Bonchev–Trinajstić information content (AvgIpc) is 2.60. The van der Waals surface area contributed by atoms with E-state index < -0.39 is 11.7 Å². The lowest BCUT2D eigenvalue weighted by atomic mass is 10.1. The highest BCUT2D eigenvalue weighted by Crippen LogP contribution is 2.31. The van der Waals surface area contributed by atoms with Gasteiger partial charge >= 0.3 is 0 Å². The number of anilines is 2. The summed E-state index contributed by atoms with van der Waals surface area (Å²) < 4.78 is 25.2. The van der Waals surface area contributed by atoms with Gasteiger partial charge < -0.3 is 15.5 Å². The van der Waals surface area contributed by atoms with Gasteiger partial charge in [0.15, 0.2) is 0 Å². The minimum Gasteiger partial charge on any atom is -0.376 e. The van der Waals surface area contributed by atoms with Crippen LogP contribution in [0.3, 0.4) is 0 Å². The van der Waals surface area contributed by atoms with E-state index in [9.17, 15) is 18.4 Å². The summed E-state index contributed by atoms with van der Waals surface area (Å²) in [6.07, 6.45) is 0. The third-order valence-electron chi connectivity index (χ3n) is 3.38. The zero-order valence-electron chi connectivity index (χ0n) is 14.3. The molecule has 0 heterocycles. The van der Waals surface area contributed by atoms with Crippen molar-refractivity contribution in [1.29, 1.82) is 0 Å². The summed E-state index contributed by atoms with van der Waals surface area (Å²) in [6.45, 7) is -0.106. The molecule has 5 nitrogen and oxygen atoms in total. The number of amides is 2. The second kappa shape index (κ2) is 9.19. The van der Waals surface area contributed by atoms with Crippen LogP contribution in [0, 0.1) is 0 Å². The molecule has 0 saturated heterocycles. The lowest BCUT2D eigenvalue weighted by Gasteiger charge is -2.15. The zero-order valence-corrected chi connectivity index (χ0v) is 15.1. The summed E-state index contributed by atoms with van der Waals surface area (Å²) >= 11 is 0.372. The van der Waals surface area contributed by atoms with Crippen molar-refractivity contribution < 1.29 is 18.4 Å². The SMILES string of the molecule is CN(C)C(=O)c1ccccc1NCC(=O)Nc1ccccc1SC(F)F. The number of halogens is 2. The van der Waals surface area contributed by atoms with Gasteiger partial charge in [-0.15, -0.1) is 0 Å². The third kappa shape index (κ3) is 5.45. The van der Waals surface area contributed by atoms with Crippen molar-refractivity contribution in [1.82, 2.24) is 4.90 Å². The van der Waals surface area contributed by atoms with Crippen LogP contribution in [0.4, 0.5) is 20.2 Å². The van der Waals surface area contributed by atoms with Crippen LogP contribution < -0.4 is 10.6 Å². The zero-order chi connectivity index (χ0) is 19.1. The Balaban J connectivity index is 2.04. The molecule has 0 atom stereocenters. The molecule has 138 valence electrons. The van der Waals surface area contributed by atoms with Crippen LogP contribution in [0.5, 0.6) is 0 Å². The van der Waals surface area contributed by atoms with Crippen LogP contribution in [0.2, 0.25) is 0 Å². The van der Waals surface area contributed by atoms with Crippen LogP contribution in [-0.4, -0.2) is 43.1 Å². The second-order valence-corrected chi connectivity index (χ2v) is 6.55. The number of alkyl halides is 2. The summed E-state index contributed by atoms with van der Waals surface area (Å²) in [5, 5.41) is 5.52. The number of hydrogen-bond acceptors (Lipinski definition) is 4. The van der Waals surface area contributed by atoms with Crippen molar-refractivity contribution in [3.63, 3.8) is 0 Å². The summed E-state index contributed by atoms with van der Waals surface area (Å²) in [6, 6.07) is 13.2. The Morgan fingerprint density at radius 2 is 1.65 bits per heavy atom. The van der Waals surface area contributed by atoms with Crippen LogP contribution in [0.25, 0.3) is 0 Å². The Bertz CT molecular complexity index is 785. The van der Waals surface area contributed by atoms with Crippen LogP contribution >= 0.6 is 11.8 Å². The number of benzene rings is 2. The van der Waals surface area contributed by atoms with Gasteiger partial charge in [0.05, 0.1) is 17.8 Å². The highest BCUT2D eigenvalue weighted by Gasteiger charge is 2.14. The maximum absolute atomic E-state index is 12.6. The molecular weight excluding hydrogens is 360 g/mol. The predicted molar refractivity (Wildman–Crippen MR) is 99.9 cm³/mol. The summed E-state index contributed by atoms with van der Waals surface area (Å²) in [5.41, 5.74) is 1.29. The van der Waals surface area contributed by atoms with Crippen molar-refractivity contribution in [2.75, 3.05) is 31.3 Å². The van der Waals surface area contributed by atoms with Crippen molar-refractivity contribution in [2.45, 2.75) is 10.7 Å². The average molecular weight is 379 g/mol. The molecule has 2 rings (SSSR count). The highest BCUT2D eigenvalue weighted by molar-refractivity contribution is 7.99. The van der Waals surface area contributed by atoms with Crippen molar-refractivity contribution in [2.24, 2.45) is 0 Å². The van der Waals surface area contributed by atoms with E-state index in [2.05, 4.69) is 10.6 Å². The molecule has 26 heavy (non-hydrogen) atoms. The van der Waals surface area contributed by atoms with E-state index in [0.29, 0.717) is 33.6 Å². The molecule has 0 fully saturated rings. The number of hydrogen-bond donors (Lipinski definition) is 2. The van der Waals surface area contributed by atoms with Gasteiger partial charge in [-0.2, -0.15) is 8.78 Å². The van der Waals surface area contributed by atoms with Gasteiger partial charge in [0.1, 0.15) is 0 Å². The van der Waals surface area contributed by atoms with Gasteiger partial charge in [0.25, 0.3) is 11.7 Å². The summed E-state index contributed by atoms with van der Waals surface area (Å²) in [7, 11) is 3.28. The van der Waals surface area contributed by atoms with Crippen LogP contribution in [0.1, 0.15) is 10.4 Å². The van der Waals surface area contributed by atoms with E-state index >= 15 is 0 Å². The topological polar surface area (TPSA) is 61.4 Å². The standard InChI is InChI=1S/C18H19F2N3O2S/c1-23(2)17(25)12-7-3-4-8-13(12)21-11-16(24)22-14-9-5-6-10-15(14)26-18(19)20/h3-10,18,21H,11H2,1-2H3,(H,22,24). The maximum Gasteiger partial charge on any atom is 0.288 e. The number of carbonyl (C=O) groups is 2. The first-order valence-electron chi connectivity index (χ1n) is 7.76. The van der Waals surface area contributed by atoms with Crippen LogP contribution in [0.15, 0.2) is 53.4 Å². The Kier molecular flexibility index (Phi) is 6.97. The number of rotatable bonds is 7. The largest absolute Gasteiger partial charge is 0.376 e. The van der Waals surface area contributed by atoms with E-state index in [1.54, 1.807) is 56.6 Å². The number of carbonyl (C=O) groups excluding carboxylic acids is 2. The van der Waals surface area contributed by atoms with E-state index in [-0.39, 0.29) is 12.5 Å². The molecule has 0 spiro atoms. The first-order valence-corrected chi connectivity index (χ1v) is 8.64. The van der Waals surface area contributed by atoms with Gasteiger partial charge in [-0.25, -0.2) is 0 Å². The number of thioether (sulfide) groups is 1. The Hall–Kier alpha value is -2.61. The van der Waals surface area contributed by atoms with Gasteiger partial charge in [-0.3, -0.25) is 9.59 Å². The lowest BCUT2D eigenvalue weighted by molar-refractivity contribution is -0.114. The van der Waals surface area contributed by atoms with Crippen molar-refractivity contribution in [3.05, 3.63) is 54.1 Å². The fourth-order valence-corrected chi connectivity index (χ4v) is 2.80. The Labute approximate surface area is 154 Å². The fourth-order valence-electron chi connectivity index (χ4n) is 2.20. The first-order chi connectivity index (χ1) is 12.4. The van der Waals surface area contributed by atoms with E-state index in [0.717, 1.165) is 0 Å². The molecular formula is C18H19F2N3O2S. The minimum atomic E-state index is -2.57. The van der Waals surface area contributed by atoms with E-state index in [1.165, 1.54) is 11.0 Å². The molecule has 0 aliphatic rings. The first kappa shape index (κ1) is 19.7. The quantitative estimate of drug-likeness (QED) is 0.720. The van der Waals surface area contributed by atoms with Gasteiger partial charge in [0.2, 0.25) is 5.91 Å². The molecule has 8 heteroatoms. The normalized spacial score (nSPS) is 10.5. The summed E-state index contributed by atoms with van der Waals surface area (Å²) in [5.74, 6) is -3.17. The lowest BCUT2D eigenvalue weighted by Crippen LogP contribution is -2.25. The molecule has 0 bridgehead atoms. The van der Waals surface area contributed by atoms with Crippen molar-refractivity contribution in [3.8, 4) is 0 Å². The highest BCUT2D eigenvalue weighted by atomic mass is 32.2. The molecule has 0 saturated carbocycles. The maximum atomic E-state index is 12.6. The molecule has 0 radical (unpaired) electrons. The molecule has 2 N–H and O–H groups in total. The van der Waals surface area contributed by atoms with Gasteiger partial charge in [-0.05, 0) is 24.3 Å². The van der Waals surface area contributed by atoms with Crippen LogP contribution in [-0.2, 0) is 4.79 Å². The number of para-hydroxylation sites is 2. The van der Waals surface area contributed by atoms with Gasteiger partial charge in [0, 0.05) is 24.7 Å². The Morgan fingerprint density at radius 3 is 2.31 bits per heavy atom.